The molecule has 0 aliphatic carbocycles. The third kappa shape index (κ3) is 4.84. The summed E-state index contributed by atoms with van der Waals surface area (Å²) in [5.74, 6) is -0.744. The standard InChI is InChI=1S/C23H22F3N3O2/c1-4-20(22(31)27-19-8-6-5-7-17(19)23(24,25)26)29-21(30)12-11-18(28-29)16-13-14(2)9-10-15(16)3/h5-13,20H,4H2,1-3H3,(H,27,31)/t20-/m1/s1. The summed E-state index contributed by atoms with van der Waals surface area (Å²) in [6, 6.07) is 12.3. The van der Waals surface area contributed by atoms with E-state index in [4.69, 9.17) is 0 Å². The van der Waals surface area contributed by atoms with Gasteiger partial charge < -0.3 is 5.32 Å². The van der Waals surface area contributed by atoms with E-state index in [1.165, 1.54) is 24.3 Å². The zero-order valence-corrected chi connectivity index (χ0v) is 17.3. The molecule has 1 N–H and O–H groups in total. The van der Waals surface area contributed by atoms with Crippen molar-refractivity contribution in [3.05, 3.63) is 81.6 Å². The van der Waals surface area contributed by atoms with Crippen LogP contribution in [0.1, 0.15) is 36.1 Å². The molecule has 0 unspecified atom stereocenters. The van der Waals surface area contributed by atoms with Crippen molar-refractivity contribution in [2.24, 2.45) is 0 Å². The Labute approximate surface area is 177 Å². The molecule has 2 aromatic carbocycles. The number of nitrogens with zero attached hydrogens (tertiary/aromatic N) is 2. The van der Waals surface area contributed by atoms with Gasteiger partial charge in [-0.05, 0) is 50.1 Å². The Balaban J connectivity index is 1.99. The smallest absolute Gasteiger partial charge is 0.324 e. The quantitative estimate of drug-likeness (QED) is 0.611. The first-order chi connectivity index (χ1) is 14.6. The number of hydrogen-bond acceptors (Lipinski definition) is 3. The number of hydrogen-bond donors (Lipinski definition) is 1. The van der Waals surface area contributed by atoms with Gasteiger partial charge in [0, 0.05) is 11.6 Å². The van der Waals surface area contributed by atoms with Crippen LogP contribution in [0, 0.1) is 13.8 Å². The number of anilines is 1. The molecule has 5 nitrogen and oxygen atoms in total. The number of alkyl halides is 3. The molecule has 1 heterocycles. The second kappa shape index (κ2) is 8.75. The number of halogens is 3. The molecule has 0 aliphatic rings. The van der Waals surface area contributed by atoms with Gasteiger partial charge in [0.25, 0.3) is 5.56 Å². The van der Waals surface area contributed by atoms with Crippen molar-refractivity contribution in [2.75, 3.05) is 5.32 Å². The van der Waals surface area contributed by atoms with E-state index in [1.807, 2.05) is 32.0 Å². The maximum atomic E-state index is 13.3. The van der Waals surface area contributed by atoms with Gasteiger partial charge in [-0.2, -0.15) is 18.3 Å². The molecule has 0 aliphatic heterocycles. The molecule has 1 atom stereocenters. The fourth-order valence-electron chi connectivity index (χ4n) is 3.33. The van der Waals surface area contributed by atoms with Crippen molar-refractivity contribution in [3.8, 4) is 11.3 Å². The van der Waals surface area contributed by atoms with E-state index in [2.05, 4.69) is 10.4 Å². The van der Waals surface area contributed by atoms with Crippen molar-refractivity contribution >= 4 is 11.6 Å². The average Bonchev–Trinajstić information content (AvgIpc) is 2.71. The SMILES string of the molecule is CC[C@H](C(=O)Nc1ccccc1C(F)(F)F)n1nc(-c2cc(C)ccc2C)ccc1=O. The van der Waals surface area contributed by atoms with Crippen LogP contribution in [0.2, 0.25) is 0 Å². The normalized spacial score (nSPS) is 12.5. The first-order valence-electron chi connectivity index (χ1n) is 9.76. The number of nitrogens with one attached hydrogen (secondary N) is 1. The first kappa shape index (κ1) is 22.3. The number of benzene rings is 2. The lowest BCUT2D eigenvalue weighted by molar-refractivity contribution is -0.137. The fraction of sp³-hybridized carbons (Fsp3) is 0.261. The molecular formula is C23H22F3N3O2. The van der Waals surface area contributed by atoms with Gasteiger partial charge in [0.15, 0.2) is 0 Å². The Morgan fingerprint density at radius 1 is 1.10 bits per heavy atom. The van der Waals surface area contributed by atoms with Crippen LogP contribution in [0.15, 0.2) is 59.4 Å². The van der Waals surface area contributed by atoms with Crippen molar-refractivity contribution in [3.63, 3.8) is 0 Å². The van der Waals surface area contributed by atoms with Gasteiger partial charge in [-0.25, -0.2) is 4.68 Å². The van der Waals surface area contributed by atoms with E-state index in [9.17, 15) is 22.8 Å². The number of rotatable bonds is 5. The molecule has 31 heavy (non-hydrogen) atoms. The second-order valence-corrected chi connectivity index (χ2v) is 7.28. The second-order valence-electron chi connectivity index (χ2n) is 7.28. The third-order valence-corrected chi connectivity index (χ3v) is 4.97. The average molecular weight is 429 g/mol. The molecular weight excluding hydrogens is 407 g/mol. The van der Waals surface area contributed by atoms with Gasteiger partial charge in [-0.15, -0.1) is 0 Å². The Morgan fingerprint density at radius 2 is 1.81 bits per heavy atom. The van der Waals surface area contributed by atoms with Gasteiger partial charge in [0.2, 0.25) is 5.91 Å². The van der Waals surface area contributed by atoms with Crippen LogP contribution in [-0.2, 0) is 11.0 Å². The van der Waals surface area contributed by atoms with Crippen molar-refractivity contribution < 1.29 is 18.0 Å². The molecule has 0 radical (unpaired) electrons. The number of amides is 1. The van der Waals surface area contributed by atoms with Crippen molar-refractivity contribution in [1.29, 1.82) is 0 Å². The van der Waals surface area contributed by atoms with E-state index in [1.54, 1.807) is 13.0 Å². The molecule has 0 fully saturated rings. The lowest BCUT2D eigenvalue weighted by Gasteiger charge is -2.19. The number of carbonyl (C=O) groups excluding carboxylic acids is 1. The molecule has 1 amide bonds. The minimum atomic E-state index is -4.62. The maximum Gasteiger partial charge on any atom is 0.418 e. The number of para-hydroxylation sites is 1. The summed E-state index contributed by atoms with van der Waals surface area (Å²) in [6.45, 7) is 5.50. The Bertz CT molecular complexity index is 1170. The van der Waals surface area contributed by atoms with Gasteiger partial charge in [-0.1, -0.05) is 36.8 Å². The summed E-state index contributed by atoms with van der Waals surface area (Å²) >= 11 is 0. The van der Waals surface area contributed by atoms with E-state index in [0.29, 0.717) is 5.69 Å². The van der Waals surface area contributed by atoms with Crippen LogP contribution < -0.4 is 10.9 Å². The molecule has 0 bridgehead atoms. The highest BCUT2D eigenvalue weighted by molar-refractivity contribution is 5.94. The maximum absolute atomic E-state index is 13.3. The monoisotopic (exact) mass is 429 g/mol. The summed E-state index contributed by atoms with van der Waals surface area (Å²) in [6.07, 6.45) is -4.45. The van der Waals surface area contributed by atoms with Gasteiger partial charge in [-0.3, -0.25) is 9.59 Å². The Hall–Kier alpha value is -3.42. The minimum Gasteiger partial charge on any atom is -0.324 e. The minimum absolute atomic E-state index is 0.170. The van der Waals surface area contributed by atoms with Crippen molar-refractivity contribution in [2.45, 2.75) is 39.4 Å². The highest BCUT2D eigenvalue weighted by Gasteiger charge is 2.34. The lowest BCUT2D eigenvalue weighted by Crippen LogP contribution is -2.35. The number of carbonyl (C=O) groups is 1. The molecule has 3 aromatic rings. The molecule has 0 saturated carbocycles. The summed E-state index contributed by atoms with van der Waals surface area (Å²) in [4.78, 5) is 25.3. The van der Waals surface area contributed by atoms with E-state index in [0.717, 1.165) is 27.4 Å². The predicted octanol–water partition coefficient (Wildman–Crippen LogP) is 5.14. The van der Waals surface area contributed by atoms with E-state index >= 15 is 0 Å². The predicted molar refractivity (Wildman–Crippen MR) is 113 cm³/mol. The zero-order valence-electron chi connectivity index (χ0n) is 17.3. The highest BCUT2D eigenvalue weighted by atomic mass is 19.4. The summed E-state index contributed by atoms with van der Waals surface area (Å²) in [5.41, 5.74) is 1.43. The Morgan fingerprint density at radius 3 is 2.48 bits per heavy atom. The first-order valence-corrected chi connectivity index (χ1v) is 9.76. The zero-order chi connectivity index (χ0) is 22.8. The summed E-state index contributed by atoms with van der Waals surface area (Å²) in [5, 5.41) is 6.69. The van der Waals surface area contributed by atoms with Crippen LogP contribution in [-0.4, -0.2) is 15.7 Å². The van der Waals surface area contributed by atoms with Crippen LogP contribution in [0.3, 0.4) is 0 Å². The van der Waals surface area contributed by atoms with Gasteiger partial charge in [0.05, 0.1) is 16.9 Å². The van der Waals surface area contributed by atoms with Crippen molar-refractivity contribution in [1.82, 2.24) is 9.78 Å². The molecule has 1 aromatic heterocycles. The Kier molecular flexibility index (Phi) is 6.29. The van der Waals surface area contributed by atoms with Crippen LogP contribution >= 0.6 is 0 Å². The van der Waals surface area contributed by atoms with Crippen LogP contribution in [0.4, 0.5) is 18.9 Å². The number of aromatic nitrogens is 2. The van der Waals surface area contributed by atoms with E-state index in [-0.39, 0.29) is 12.1 Å². The largest absolute Gasteiger partial charge is 0.418 e. The van der Waals surface area contributed by atoms with Crippen LogP contribution in [0.5, 0.6) is 0 Å². The molecule has 0 spiro atoms. The number of aryl methyl sites for hydroxylation is 2. The molecule has 0 saturated heterocycles. The van der Waals surface area contributed by atoms with Gasteiger partial charge >= 0.3 is 6.18 Å². The fourth-order valence-corrected chi connectivity index (χ4v) is 3.33. The lowest BCUT2D eigenvalue weighted by atomic mass is 10.0. The topological polar surface area (TPSA) is 64.0 Å². The van der Waals surface area contributed by atoms with Crippen LogP contribution in [0.25, 0.3) is 11.3 Å². The molecule has 8 heteroatoms. The molecule has 162 valence electrons. The summed E-state index contributed by atoms with van der Waals surface area (Å²) in [7, 11) is 0. The molecule has 3 rings (SSSR count). The van der Waals surface area contributed by atoms with E-state index < -0.39 is 29.2 Å². The highest BCUT2D eigenvalue weighted by Crippen LogP contribution is 2.35. The van der Waals surface area contributed by atoms with Gasteiger partial charge in [0.1, 0.15) is 6.04 Å². The third-order valence-electron chi connectivity index (χ3n) is 4.97. The summed E-state index contributed by atoms with van der Waals surface area (Å²) < 4.78 is 40.8.